The zero-order chi connectivity index (χ0) is 18.6. The van der Waals surface area contributed by atoms with E-state index in [4.69, 9.17) is 9.72 Å². The molecule has 4 heterocycles. The van der Waals surface area contributed by atoms with Crippen LogP contribution < -0.4 is 15.4 Å². The van der Waals surface area contributed by atoms with Crippen molar-refractivity contribution in [1.29, 1.82) is 0 Å². The number of hydrogen-bond donors (Lipinski definition) is 1. The number of pyridine rings is 1. The molecule has 0 amide bonds. The predicted molar refractivity (Wildman–Crippen MR) is 106 cm³/mol. The van der Waals surface area contributed by atoms with E-state index in [2.05, 4.69) is 25.8 Å². The lowest BCUT2D eigenvalue weighted by molar-refractivity contribution is 0.122. The summed E-state index contributed by atoms with van der Waals surface area (Å²) in [6, 6.07) is 5.64. The van der Waals surface area contributed by atoms with Crippen LogP contribution in [-0.4, -0.2) is 54.3 Å². The van der Waals surface area contributed by atoms with Crippen molar-refractivity contribution in [2.45, 2.75) is 26.2 Å². The van der Waals surface area contributed by atoms with Gasteiger partial charge in [-0.1, -0.05) is 6.07 Å². The third-order valence-corrected chi connectivity index (χ3v) is 5.43. The molecule has 0 aliphatic carbocycles. The van der Waals surface area contributed by atoms with Gasteiger partial charge in [0.05, 0.1) is 13.2 Å². The third-order valence-electron chi connectivity index (χ3n) is 5.43. The maximum absolute atomic E-state index is 11.2. The van der Waals surface area contributed by atoms with Gasteiger partial charge in [-0.2, -0.15) is 4.98 Å². The van der Waals surface area contributed by atoms with Crippen LogP contribution in [-0.2, 0) is 11.2 Å². The monoisotopic (exact) mass is 369 g/mol. The molecule has 0 atom stereocenters. The minimum atomic E-state index is -0.0382. The maximum atomic E-state index is 11.2. The quantitative estimate of drug-likeness (QED) is 0.885. The SMILES string of the molecule is Cc1cc(N2CCC(Cc3ccc(=O)[nH]c3)CC2)nc(N2CCOCC2)n1. The number of aromatic amines is 1. The fraction of sp³-hybridized carbons (Fsp3) is 0.550. The van der Waals surface area contributed by atoms with Crippen LogP contribution in [0.25, 0.3) is 0 Å². The van der Waals surface area contributed by atoms with Crippen LogP contribution in [0, 0.1) is 12.8 Å². The number of ether oxygens (including phenoxy) is 1. The summed E-state index contributed by atoms with van der Waals surface area (Å²) >= 11 is 0. The van der Waals surface area contributed by atoms with Crippen molar-refractivity contribution in [2.75, 3.05) is 49.2 Å². The Morgan fingerprint density at radius 1 is 1.11 bits per heavy atom. The van der Waals surface area contributed by atoms with Gasteiger partial charge in [0.25, 0.3) is 0 Å². The van der Waals surface area contributed by atoms with Gasteiger partial charge < -0.3 is 19.5 Å². The van der Waals surface area contributed by atoms with Gasteiger partial charge in [-0.05, 0) is 37.7 Å². The Labute approximate surface area is 159 Å². The smallest absolute Gasteiger partial charge is 0.247 e. The van der Waals surface area contributed by atoms with Gasteiger partial charge in [0.2, 0.25) is 11.5 Å². The molecule has 2 fully saturated rings. The summed E-state index contributed by atoms with van der Waals surface area (Å²) in [6.45, 7) is 7.23. The molecule has 0 unspecified atom stereocenters. The van der Waals surface area contributed by atoms with E-state index in [0.29, 0.717) is 5.92 Å². The zero-order valence-electron chi connectivity index (χ0n) is 15.9. The number of piperidine rings is 1. The number of anilines is 2. The average molecular weight is 369 g/mol. The first kappa shape index (κ1) is 18.0. The van der Waals surface area contributed by atoms with Crippen LogP contribution >= 0.6 is 0 Å². The Kier molecular flexibility index (Phi) is 5.38. The lowest BCUT2D eigenvalue weighted by Gasteiger charge is -2.34. The van der Waals surface area contributed by atoms with Gasteiger partial charge in [0, 0.05) is 50.2 Å². The summed E-state index contributed by atoms with van der Waals surface area (Å²) in [5, 5.41) is 0. The number of H-pyrrole nitrogens is 1. The van der Waals surface area contributed by atoms with Gasteiger partial charge >= 0.3 is 0 Å². The molecule has 0 spiro atoms. The fourth-order valence-electron chi connectivity index (χ4n) is 3.87. The maximum Gasteiger partial charge on any atom is 0.247 e. The standard InChI is InChI=1S/C20H27N5O2/c1-15-12-18(23-20(22-15)25-8-10-27-11-9-25)24-6-4-16(5-7-24)13-17-2-3-19(26)21-14-17/h2-3,12,14,16H,4-11,13H2,1H3,(H,21,26). The summed E-state index contributed by atoms with van der Waals surface area (Å²) in [5.74, 6) is 2.50. The first-order valence-corrected chi connectivity index (χ1v) is 9.78. The van der Waals surface area contributed by atoms with Crippen LogP contribution in [0.2, 0.25) is 0 Å². The van der Waals surface area contributed by atoms with Crippen molar-refractivity contribution < 1.29 is 4.74 Å². The number of aryl methyl sites for hydroxylation is 1. The molecule has 7 heteroatoms. The minimum Gasteiger partial charge on any atom is -0.378 e. The Hall–Kier alpha value is -2.41. The highest BCUT2D eigenvalue weighted by molar-refractivity contribution is 5.46. The van der Waals surface area contributed by atoms with E-state index in [1.165, 1.54) is 5.56 Å². The Bertz CT molecular complexity index is 803. The Morgan fingerprint density at radius 3 is 2.59 bits per heavy atom. The van der Waals surface area contributed by atoms with E-state index in [-0.39, 0.29) is 5.56 Å². The molecule has 2 saturated heterocycles. The summed E-state index contributed by atoms with van der Waals surface area (Å²) in [6.07, 6.45) is 5.13. The molecule has 0 saturated carbocycles. The highest BCUT2D eigenvalue weighted by Gasteiger charge is 2.22. The van der Waals surface area contributed by atoms with E-state index in [0.717, 1.165) is 76.1 Å². The highest BCUT2D eigenvalue weighted by atomic mass is 16.5. The lowest BCUT2D eigenvalue weighted by Crippen LogP contribution is -2.38. The number of rotatable bonds is 4. The van der Waals surface area contributed by atoms with E-state index in [1.807, 2.05) is 19.2 Å². The molecule has 2 aliphatic heterocycles. The third kappa shape index (κ3) is 4.47. The van der Waals surface area contributed by atoms with Crippen molar-refractivity contribution in [1.82, 2.24) is 15.0 Å². The Balaban J connectivity index is 1.39. The van der Waals surface area contributed by atoms with Gasteiger partial charge in [0.15, 0.2) is 0 Å². The van der Waals surface area contributed by atoms with Crippen molar-refractivity contribution in [2.24, 2.45) is 5.92 Å². The molecule has 27 heavy (non-hydrogen) atoms. The average Bonchev–Trinajstić information content (AvgIpc) is 2.70. The van der Waals surface area contributed by atoms with Crippen molar-refractivity contribution in [3.05, 3.63) is 46.0 Å². The van der Waals surface area contributed by atoms with Crippen molar-refractivity contribution in [3.8, 4) is 0 Å². The summed E-state index contributed by atoms with van der Waals surface area (Å²) < 4.78 is 5.44. The van der Waals surface area contributed by atoms with E-state index < -0.39 is 0 Å². The number of nitrogens with zero attached hydrogens (tertiary/aromatic N) is 4. The predicted octanol–water partition coefficient (Wildman–Crippen LogP) is 1.77. The number of hydrogen-bond acceptors (Lipinski definition) is 6. The molecule has 2 aromatic rings. The molecule has 0 radical (unpaired) electrons. The van der Waals surface area contributed by atoms with Gasteiger partial charge in [-0.15, -0.1) is 0 Å². The molecule has 144 valence electrons. The molecular formula is C20H27N5O2. The molecule has 7 nitrogen and oxygen atoms in total. The first-order valence-electron chi connectivity index (χ1n) is 9.78. The number of nitrogens with one attached hydrogen (secondary N) is 1. The largest absolute Gasteiger partial charge is 0.378 e. The second kappa shape index (κ2) is 8.08. The van der Waals surface area contributed by atoms with Gasteiger partial charge in [-0.3, -0.25) is 4.79 Å². The highest BCUT2D eigenvalue weighted by Crippen LogP contribution is 2.26. The zero-order valence-corrected chi connectivity index (χ0v) is 15.9. The molecular weight excluding hydrogens is 342 g/mol. The normalized spacial score (nSPS) is 18.7. The van der Waals surface area contributed by atoms with E-state index >= 15 is 0 Å². The molecule has 2 aromatic heterocycles. The number of morpholine rings is 1. The molecule has 0 bridgehead atoms. The van der Waals surface area contributed by atoms with Crippen LogP contribution in [0.3, 0.4) is 0 Å². The molecule has 4 rings (SSSR count). The first-order chi connectivity index (χ1) is 13.2. The summed E-state index contributed by atoms with van der Waals surface area (Å²) in [5.41, 5.74) is 2.18. The summed E-state index contributed by atoms with van der Waals surface area (Å²) in [7, 11) is 0. The van der Waals surface area contributed by atoms with Gasteiger partial charge in [-0.25, -0.2) is 4.98 Å². The second-order valence-electron chi connectivity index (χ2n) is 7.46. The summed E-state index contributed by atoms with van der Waals surface area (Å²) in [4.78, 5) is 28.0. The molecule has 1 N–H and O–H groups in total. The van der Waals surface area contributed by atoms with Crippen LogP contribution in [0.1, 0.15) is 24.1 Å². The molecule has 0 aromatic carbocycles. The fourth-order valence-corrected chi connectivity index (χ4v) is 3.87. The van der Waals surface area contributed by atoms with Crippen LogP contribution in [0.5, 0.6) is 0 Å². The molecule has 2 aliphatic rings. The van der Waals surface area contributed by atoms with Crippen molar-refractivity contribution in [3.63, 3.8) is 0 Å². The lowest BCUT2D eigenvalue weighted by atomic mass is 9.91. The van der Waals surface area contributed by atoms with Gasteiger partial charge in [0.1, 0.15) is 5.82 Å². The minimum absolute atomic E-state index is 0.0382. The second-order valence-corrected chi connectivity index (χ2v) is 7.46. The van der Waals surface area contributed by atoms with Crippen LogP contribution in [0.15, 0.2) is 29.2 Å². The number of aromatic nitrogens is 3. The Morgan fingerprint density at radius 2 is 1.89 bits per heavy atom. The topological polar surface area (TPSA) is 74.4 Å². The van der Waals surface area contributed by atoms with E-state index in [9.17, 15) is 4.79 Å². The van der Waals surface area contributed by atoms with Crippen LogP contribution in [0.4, 0.5) is 11.8 Å². The van der Waals surface area contributed by atoms with Crippen molar-refractivity contribution >= 4 is 11.8 Å². The van der Waals surface area contributed by atoms with E-state index in [1.54, 1.807) is 6.07 Å².